The number of carbonyl (C=O) groups excluding carboxylic acids is 1. The average Bonchev–Trinajstić information content (AvgIpc) is 2.96. The molecule has 2 rings (SSSR count). The van der Waals surface area contributed by atoms with Crippen LogP contribution in [0.15, 0.2) is 24.8 Å². The molecule has 2 aromatic heterocycles. The van der Waals surface area contributed by atoms with Crippen LogP contribution in [0.25, 0.3) is 0 Å². The van der Waals surface area contributed by atoms with Crippen LogP contribution in [-0.2, 0) is 22.8 Å². The summed E-state index contributed by atoms with van der Waals surface area (Å²) in [7, 11) is 0. The molecule has 0 aliphatic heterocycles. The van der Waals surface area contributed by atoms with Crippen molar-refractivity contribution in [3.63, 3.8) is 0 Å². The van der Waals surface area contributed by atoms with Gasteiger partial charge in [-0.05, 0) is 19.4 Å². The van der Waals surface area contributed by atoms with Gasteiger partial charge in [-0.1, -0.05) is 0 Å². The van der Waals surface area contributed by atoms with E-state index in [1.54, 1.807) is 28.0 Å². The second-order valence-corrected chi connectivity index (χ2v) is 4.15. The molecule has 0 fully saturated rings. The summed E-state index contributed by atoms with van der Waals surface area (Å²) in [5.41, 5.74) is 1.67. The number of hydrogen-bond acceptors (Lipinski definition) is 4. The van der Waals surface area contributed by atoms with Crippen molar-refractivity contribution in [2.45, 2.75) is 27.1 Å². The molecule has 0 saturated heterocycles. The molecule has 0 saturated carbocycles. The number of amides is 1. The zero-order chi connectivity index (χ0) is 13.7. The monoisotopic (exact) mass is 263 g/mol. The molecule has 102 valence electrons. The second kappa shape index (κ2) is 6.14. The summed E-state index contributed by atoms with van der Waals surface area (Å²) in [6, 6.07) is 0. The maximum Gasteiger partial charge on any atom is 0.246 e. The molecular formula is C12H17N5O2. The van der Waals surface area contributed by atoms with Crippen LogP contribution in [0, 0.1) is 6.92 Å². The molecule has 1 N–H and O–H groups in total. The van der Waals surface area contributed by atoms with Crippen LogP contribution in [0.1, 0.15) is 12.5 Å². The predicted octanol–water partition coefficient (Wildman–Crippen LogP) is 1.02. The molecule has 0 spiro atoms. The summed E-state index contributed by atoms with van der Waals surface area (Å²) >= 11 is 0. The van der Waals surface area contributed by atoms with Gasteiger partial charge in [0.1, 0.15) is 13.3 Å². The van der Waals surface area contributed by atoms with Crippen molar-refractivity contribution in [1.29, 1.82) is 0 Å². The second-order valence-electron chi connectivity index (χ2n) is 4.15. The lowest BCUT2D eigenvalue weighted by molar-refractivity contribution is -0.116. The smallest absolute Gasteiger partial charge is 0.246 e. The van der Waals surface area contributed by atoms with Crippen LogP contribution in [0.5, 0.6) is 0 Å². The largest absolute Gasteiger partial charge is 0.360 e. The molecule has 2 aromatic rings. The summed E-state index contributed by atoms with van der Waals surface area (Å²) in [5.74, 6) is -0.140. The molecule has 19 heavy (non-hydrogen) atoms. The Morgan fingerprint density at radius 3 is 2.79 bits per heavy atom. The predicted molar refractivity (Wildman–Crippen MR) is 69.4 cm³/mol. The van der Waals surface area contributed by atoms with Crippen molar-refractivity contribution in [1.82, 2.24) is 19.6 Å². The van der Waals surface area contributed by atoms with Crippen LogP contribution in [-0.4, -0.2) is 32.1 Å². The van der Waals surface area contributed by atoms with Crippen molar-refractivity contribution in [3.8, 4) is 0 Å². The molecule has 1 amide bonds. The van der Waals surface area contributed by atoms with Gasteiger partial charge in [0.15, 0.2) is 0 Å². The van der Waals surface area contributed by atoms with Crippen LogP contribution in [0.2, 0.25) is 0 Å². The van der Waals surface area contributed by atoms with Crippen LogP contribution in [0.4, 0.5) is 5.69 Å². The molecule has 2 heterocycles. The quantitative estimate of drug-likeness (QED) is 0.844. The Kier molecular flexibility index (Phi) is 4.30. The number of nitrogens with zero attached hydrogens (tertiary/aromatic N) is 4. The fraction of sp³-hybridized carbons (Fsp3) is 0.417. The van der Waals surface area contributed by atoms with E-state index in [1.807, 2.05) is 20.0 Å². The van der Waals surface area contributed by atoms with E-state index in [0.29, 0.717) is 19.0 Å². The van der Waals surface area contributed by atoms with Gasteiger partial charge in [0.25, 0.3) is 0 Å². The standard InChI is InChI=1S/C12H17N5O2/c1-3-19-9-17-7-11(5-14-17)15-12(18)8-16-6-10(2)4-13-16/h4-7H,3,8-9H2,1-2H3,(H,15,18). The Hall–Kier alpha value is -2.15. The highest BCUT2D eigenvalue weighted by Crippen LogP contribution is 2.05. The lowest BCUT2D eigenvalue weighted by atomic mass is 10.4. The first-order valence-electron chi connectivity index (χ1n) is 6.06. The highest BCUT2D eigenvalue weighted by atomic mass is 16.5. The number of carbonyl (C=O) groups is 1. The van der Waals surface area contributed by atoms with Gasteiger partial charge < -0.3 is 10.1 Å². The third kappa shape index (κ3) is 3.92. The zero-order valence-electron chi connectivity index (χ0n) is 11.0. The van der Waals surface area contributed by atoms with E-state index in [2.05, 4.69) is 15.5 Å². The Labute approximate surface area is 111 Å². The summed E-state index contributed by atoms with van der Waals surface area (Å²) in [6.45, 7) is 5.03. The molecule has 0 radical (unpaired) electrons. The van der Waals surface area contributed by atoms with Gasteiger partial charge in [-0.25, -0.2) is 4.68 Å². The Bertz CT molecular complexity index is 546. The van der Waals surface area contributed by atoms with E-state index in [0.717, 1.165) is 5.56 Å². The van der Waals surface area contributed by atoms with Gasteiger partial charge in [0, 0.05) is 12.8 Å². The molecule has 0 aliphatic carbocycles. The molecule has 0 atom stereocenters. The highest BCUT2D eigenvalue weighted by molar-refractivity contribution is 5.90. The number of anilines is 1. The minimum Gasteiger partial charge on any atom is -0.360 e. The highest BCUT2D eigenvalue weighted by Gasteiger charge is 2.06. The molecular weight excluding hydrogens is 246 g/mol. The van der Waals surface area contributed by atoms with Crippen molar-refractivity contribution in [3.05, 3.63) is 30.4 Å². The Morgan fingerprint density at radius 1 is 1.32 bits per heavy atom. The topological polar surface area (TPSA) is 74.0 Å². The van der Waals surface area contributed by atoms with Crippen molar-refractivity contribution in [2.24, 2.45) is 0 Å². The SMILES string of the molecule is CCOCn1cc(NC(=O)Cn2cc(C)cn2)cn1. The maximum atomic E-state index is 11.8. The fourth-order valence-electron chi connectivity index (χ4n) is 1.58. The molecule has 0 bridgehead atoms. The number of hydrogen-bond donors (Lipinski definition) is 1. The Morgan fingerprint density at radius 2 is 2.11 bits per heavy atom. The fourth-order valence-corrected chi connectivity index (χ4v) is 1.58. The van der Waals surface area contributed by atoms with Crippen LogP contribution in [0.3, 0.4) is 0 Å². The van der Waals surface area contributed by atoms with Crippen molar-refractivity contribution >= 4 is 11.6 Å². The molecule has 0 aliphatic rings. The first-order valence-corrected chi connectivity index (χ1v) is 6.06. The van der Waals surface area contributed by atoms with Gasteiger partial charge in [-0.2, -0.15) is 10.2 Å². The zero-order valence-corrected chi connectivity index (χ0v) is 11.0. The molecule has 7 heteroatoms. The first kappa shape index (κ1) is 13.3. The van der Waals surface area contributed by atoms with E-state index in [9.17, 15) is 4.79 Å². The molecule has 0 unspecified atom stereocenters. The van der Waals surface area contributed by atoms with E-state index in [1.165, 1.54) is 0 Å². The van der Waals surface area contributed by atoms with Crippen LogP contribution >= 0.6 is 0 Å². The van der Waals surface area contributed by atoms with Crippen LogP contribution < -0.4 is 5.32 Å². The van der Waals surface area contributed by atoms with E-state index in [-0.39, 0.29) is 12.5 Å². The third-order valence-corrected chi connectivity index (χ3v) is 2.41. The lowest BCUT2D eigenvalue weighted by Gasteiger charge is -2.02. The Balaban J connectivity index is 1.86. The summed E-state index contributed by atoms with van der Waals surface area (Å²) < 4.78 is 8.42. The molecule has 7 nitrogen and oxygen atoms in total. The third-order valence-electron chi connectivity index (χ3n) is 2.41. The summed E-state index contributed by atoms with van der Waals surface area (Å²) in [4.78, 5) is 11.8. The summed E-state index contributed by atoms with van der Waals surface area (Å²) in [6.07, 6.45) is 6.85. The number of nitrogens with one attached hydrogen (secondary N) is 1. The van der Waals surface area contributed by atoms with E-state index < -0.39 is 0 Å². The van der Waals surface area contributed by atoms with Gasteiger partial charge >= 0.3 is 0 Å². The number of rotatable bonds is 6. The average molecular weight is 263 g/mol. The van der Waals surface area contributed by atoms with Crippen molar-refractivity contribution < 1.29 is 9.53 Å². The lowest BCUT2D eigenvalue weighted by Crippen LogP contribution is -2.18. The van der Waals surface area contributed by atoms with Crippen molar-refractivity contribution in [2.75, 3.05) is 11.9 Å². The van der Waals surface area contributed by atoms with Gasteiger partial charge in [-0.3, -0.25) is 9.48 Å². The molecule has 0 aromatic carbocycles. The minimum absolute atomic E-state index is 0.140. The van der Waals surface area contributed by atoms with Gasteiger partial charge in [-0.15, -0.1) is 0 Å². The normalized spacial score (nSPS) is 10.6. The van der Waals surface area contributed by atoms with E-state index >= 15 is 0 Å². The minimum atomic E-state index is -0.140. The van der Waals surface area contributed by atoms with Gasteiger partial charge in [0.2, 0.25) is 5.91 Å². The van der Waals surface area contributed by atoms with Gasteiger partial charge in [0.05, 0.1) is 24.3 Å². The number of ether oxygens (including phenoxy) is 1. The number of aryl methyl sites for hydroxylation is 1. The summed E-state index contributed by atoms with van der Waals surface area (Å²) in [5, 5.41) is 10.9. The maximum absolute atomic E-state index is 11.8. The first-order chi connectivity index (χ1) is 9.17. The number of aromatic nitrogens is 4. The van der Waals surface area contributed by atoms with E-state index in [4.69, 9.17) is 4.74 Å².